The number of alkyl halides is 3. The molecule has 0 spiro atoms. The highest BCUT2D eigenvalue weighted by molar-refractivity contribution is 14.1. The van der Waals surface area contributed by atoms with Crippen molar-refractivity contribution >= 4 is 22.6 Å². The molecule has 0 radical (unpaired) electrons. The number of aromatic amines is 1. The van der Waals surface area contributed by atoms with Crippen LogP contribution in [0.25, 0.3) is 0 Å². The predicted octanol–water partition coefficient (Wildman–Crippen LogP) is 2.02. The average Bonchev–Trinajstić information content (AvgIpc) is 2.04. The minimum Gasteiger partial charge on any atom is -0.403 e. The molecule has 1 heterocycles. The lowest BCUT2D eigenvalue weighted by Gasteiger charge is -2.09. The second kappa shape index (κ2) is 3.75. The molecule has 0 saturated heterocycles. The van der Waals surface area contributed by atoms with Crippen LogP contribution in [0.2, 0.25) is 0 Å². The van der Waals surface area contributed by atoms with Crippen LogP contribution in [0.5, 0.6) is 5.75 Å². The molecule has 0 amide bonds. The van der Waals surface area contributed by atoms with Crippen LogP contribution < -0.4 is 10.3 Å². The van der Waals surface area contributed by atoms with Crippen molar-refractivity contribution in [2.75, 3.05) is 0 Å². The summed E-state index contributed by atoms with van der Waals surface area (Å²) in [6, 6.07) is 0. The van der Waals surface area contributed by atoms with E-state index in [1.54, 1.807) is 4.98 Å². The highest BCUT2D eigenvalue weighted by Crippen LogP contribution is 2.26. The van der Waals surface area contributed by atoms with Crippen molar-refractivity contribution < 1.29 is 22.3 Å². The maximum atomic E-state index is 12.8. The molecule has 0 fully saturated rings. The first-order valence-electron chi connectivity index (χ1n) is 3.13. The summed E-state index contributed by atoms with van der Waals surface area (Å²) in [5.74, 6) is -2.07. The predicted molar refractivity (Wildman–Crippen MR) is 46.4 cm³/mol. The Morgan fingerprint density at radius 1 is 1.43 bits per heavy atom. The lowest BCUT2D eigenvalue weighted by atomic mass is 10.4. The second-order valence-corrected chi connectivity index (χ2v) is 3.24. The van der Waals surface area contributed by atoms with E-state index in [1.807, 2.05) is 0 Å². The molecule has 3 nitrogen and oxygen atoms in total. The van der Waals surface area contributed by atoms with Crippen molar-refractivity contribution in [3.8, 4) is 5.75 Å². The standard InChI is InChI=1S/C6H2F4INO2/c7-3-4(11)2(1-12-5(3)13)14-6(8,9)10/h1H,(H,12,13). The molecule has 78 valence electrons. The summed E-state index contributed by atoms with van der Waals surface area (Å²) in [6.07, 6.45) is -4.26. The Labute approximate surface area is 88.2 Å². The third-order valence-corrected chi connectivity index (χ3v) is 2.17. The number of pyridine rings is 1. The smallest absolute Gasteiger partial charge is 0.403 e. The van der Waals surface area contributed by atoms with Crippen molar-refractivity contribution in [2.24, 2.45) is 0 Å². The summed E-state index contributed by atoms with van der Waals surface area (Å²) in [7, 11) is 0. The van der Waals surface area contributed by atoms with Crippen LogP contribution in [-0.2, 0) is 0 Å². The van der Waals surface area contributed by atoms with Crippen molar-refractivity contribution in [1.29, 1.82) is 0 Å². The van der Waals surface area contributed by atoms with E-state index < -0.39 is 27.1 Å². The van der Waals surface area contributed by atoms with Crippen molar-refractivity contribution in [3.63, 3.8) is 0 Å². The van der Waals surface area contributed by atoms with E-state index in [9.17, 15) is 22.4 Å². The number of hydrogen-bond donors (Lipinski definition) is 1. The molecular weight excluding hydrogens is 321 g/mol. The highest BCUT2D eigenvalue weighted by Gasteiger charge is 2.32. The van der Waals surface area contributed by atoms with Gasteiger partial charge in [0, 0.05) is 6.20 Å². The zero-order valence-electron chi connectivity index (χ0n) is 6.28. The number of nitrogens with one attached hydrogen (secondary N) is 1. The van der Waals surface area contributed by atoms with Crippen LogP contribution in [-0.4, -0.2) is 11.3 Å². The molecule has 0 atom stereocenters. The summed E-state index contributed by atoms with van der Waals surface area (Å²) in [5, 5.41) is 0. The summed E-state index contributed by atoms with van der Waals surface area (Å²) < 4.78 is 50.8. The molecule has 1 N–H and O–H groups in total. The lowest BCUT2D eigenvalue weighted by Crippen LogP contribution is -2.21. The van der Waals surface area contributed by atoms with Crippen molar-refractivity contribution in [3.05, 3.63) is 25.9 Å². The molecule has 1 aromatic rings. The fourth-order valence-electron chi connectivity index (χ4n) is 0.665. The molecule has 0 bridgehead atoms. The van der Waals surface area contributed by atoms with Crippen LogP contribution in [0, 0.1) is 9.39 Å². The Balaban J connectivity index is 3.13. The first-order valence-corrected chi connectivity index (χ1v) is 4.21. The van der Waals surface area contributed by atoms with E-state index in [2.05, 4.69) is 4.74 Å². The number of rotatable bonds is 1. The summed E-state index contributed by atoms with van der Waals surface area (Å²) in [5.41, 5.74) is -1.09. The highest BCUT2D eigenvalue weighted by atomic mass is 127. The lowest BCUT2D eigenvalue weighted by molar-refractivity contribution is -0.275. The fourth-order valence-corrected chi connectivity index (χ4v) is 1.18. The van der Waals surface area contributed by atoms with Gasteiger partial charge in [0.2, 0.25) is 5.82 Å². The van der Waals surface area contributed by atoms with Gasteiger partial charge in [-0.25, -0.2) is 0 Å². The van der Waals surface area contributed by atoms with Crippen LogP contribution in [0.4, 0.5) is 17.6 Å². The molecular formula is C6H2F4INO2. The van der Waals surface area contributed by atoms with E-state index in [0.29, 0.717) is 6.20 Å². The van der Waals surface area contributed by atoms with Gasteiger partial charge in [0.25, 0.3) is 5.56 Å². The molecule has 14 heavy (non-hydrogen) atoms. The topological polar surface area (TPSA) is 42.1 Å². The van der Waals surface area contributed by atoms with Crippen LogP contribution in [0.3, 0.4) is 0 Å². The zero-order chi connectivity index (χ0) is 10.9. The van der Waals surface area contributed by atoms with Crippen molar-refractivity contribution in [1.82, 2.24) is 4.98 Å². The minimum atomic E-state index is -4.91. The number of hydrogen-bond acceptors (Lipinski definition) is 2. The van der Waals surface area contributed by atoms with Gasteiger partial charge in [-0.15, -0.1) is 13.2 Å². The monoisotopic (exact) mass is 323 g/mol. The zero-order valence-corrected chi connectivity index (χ0v) is 8.44. The Morgan fingerprint density at radius 2 is 2.00 bits per heavy atom. The van der Waals surface area contributed by atoms with E-state index >= 15 is 0 Å². The van der Waals surface area contributed by atoms with Gasteiger partial charge >= 0.3 is 6.36 Å². The fraction of sp³-hybridized carbons (Fsp3) is 0.167. The van der Waals surface area contributed by atoms with Crippen molar-refractivity contribution in [2.45, 2.75) is 6.36 Å². The quantitative estimate of drug-likeness (QED) is 0.635. The summed E-state index contributed by atoms with van der Waals surface area (Å²) in [4.78, 5) is 12.4. The number of ether oxygens (including phenoxy) is 1. The summed E-state index contributed by atoms with van der Waals surface area (Å²) in [6.45, 7) is 0. The van der Waals surface area contributed by atoms with Gasteiger partial charge in [-0.3, -0.25) is 4.79 Å². The number of halogens is 5. The molecule has 0 aliphatic rings. The number of H-pyrrole nitrogens is 1. The largest absolute Gasteiger partial charge is 0.573 e. The average molecular weight is 323 g/mol. The van der Waals surface area contributed by atoms with Crippen LogP contribution in [0.1, 0.15) is 0 Å². The molecule has 0 saturated carbocycles. The molecule has 0 aliphatic carbocycles. The van der Waals surface area contributed by atoms with Crippen LogP contribution >= 0.6 is 22.6 Å². The third kappa shape index (κ3) is 2.59. The Kier molecular flexibility index (Phi) is 3.02. The minimum absolute atomic E-state index is 0.510. The molecule has 1 aromatic heterocycles. The van der Waals surface area contributed by atoms with Gasteiger partial charge in [0.05, 0.1) is 3.57 Å². The van der Waals surface area contributed by atoms with Gasteiger partial charge in [-0.2, -0.15) is 4.39 Å². The Hall–Kier alpha value is -0.800. The molecule has 8 heteroatoms. The molecule has 0 unspecified atom stereocenters. The van der Waals surface area contributed by atoms with E-state index in [-0.39, 0.29) is 0 Å². The van der Waals surface area contributed by atoms with E-state index in [4.69, 9.17) is 0 Å². The first kappa shape index (κ1) is 11.3. The van der Waals surface area contributed by atoms with Gasteiger partial charge < -0.3 is 9.72 Å². The Bertz CT molecular complexity index is 400. The van der Waals surface area contributed by atoms with Crippen LogP contribution in [0.15, 0.2) is 11.0 Å². The third-order valence-electron chi connectivity index (χ3n) is 1.17. The molecule has 0 aliphatic heterocycles. The molecule has 1 rings (SSSR count). The van der Waals surface area contributed by atoms with Gasteiger partial charge in [0.1, 0.15) is 0 Å². The normalized spacial score (nSPS) is 11.5. The number of aromatic nitrogens is 1. The van der Waals surface area contributed by atoms with Gasteiger partial charge in [0.15, 0.2) is 5.75 Å². The summed E-state index contributed by atoms with van der Waals surface area (Å²) >= 11 is 1.25. The van der Waals surface area contributed by atoms with Gasteiger partial charge in [-0.1, -0.05) is 0 Å². The first-order chi connectivity index (χ1) is 6.31. The van der Waals surface area contributed by atoms with E-state index in [1.165, 1.54) is 22.6 Å². The Morgan fingerprint density at radius 3 is 2.50 bits per heavy atom. The maximum Gasteiger partial charge on any atom is 0.573 e. The second-order valence-electron chi connectivity index (χ2n) is 2.16. The maximum absolute atomic E-state index is 12.8. The van der Waals surface area contributed by atoms with Gasteiger partial charge in [-0.05, 0) is 22.6 Å². The SMILES string of the molecule is O=c1[nH]cc(OC(F)(F)F)c(I)c1F. The molecule has 0 aromatic carbocycles. The van der Waals surface area contributed by atoms with E-state index in [0.717, 1.165) is 0 Å².